The Labute approximate surface area is 168 Å². The van der Waals surface area contributed by atoms with Crippen molar-refractivity contribution in [1.82, 2.24) is 20.1 Å². The van der Waals surface area contributed by atoms with Crippen LogP contribution in [0.5, 0.6) is 0 Å². The highest BCUT2D eigenvalue weighted by Crippen LogP contribution is 2.19. The van der Waals surface area contributed by atoms with Crippen LogP contribution in [0.1, 0.15) is 48.0 Å². The summed E-state index contributed by atoms with van der Waals surface area (Å²) in [6.45, 7) is 10.7. The summed E-state index contributed by atoms with van der Waals surface area (Å²) in [7, 11) is -2.27. The molecule has 0 rings (SSSR count). The quantitative estimate of drug-likeness (QED) is 0.297. The average Bonchev–Trinajstić information content (AvgIpc) is 2.53. The van der Waals surface area contributed by atoms with Gasteiger partial charge in [-0.1, -0.05) is 13.8 Å². The summed E-state index contributed by atoms with van der Waals surface area (Å²) in [5.41, 5.74) is -0.649. The summed E-state index contributed by atoms with van der Waals surface area (Å²) >= 11 is 0. The van der Waals surface area contributed by atoms with Gasteiger partial charge in [-0.25, -0.2) is 14.2 Å². The number of aliphatic hydroxyl groups is 1. The SMILES string of the molecule is CNS(=O)(=O)NCCNC(=O)[C@@H](C[C@H](O)[C@H](C)NC(=O)OC(C)(C)C)C(C)C. The third-order valence-corrected chi connectivity index (χ3v) is 5.07. The number of rotatable bonds is 11. The number of hydrogen-bond donors (Lipinski definition) is 5. The zero-order valence-electron chi connectivity index (χ0n) is 17.8. The molecule has 0 saturated carbocycles. The smallest absolute Gasteiger partial charge is 0.407 e. The van der Waals surface area contributed by atoms with Crippen LogP contribution in [0.3, 0.4) is 0 Å². The van der Waals surface area contributed by atoms with Crippen LogP contribution in [0.2, 0.25) is 0 Å². The zero-order valence-corrected chi connectivity index (χ0v) is 18.6. The van der Waals surface area contributed by atoms with Gasteiger partial charge < -0.3 is 20.5 Å². The van der Waals surface area contributed by atoms with Crippen molar-refractivity contribution in [2.45, 2.75) is 65.7 Å². The van der Waals surface area contributed by atoms with Crippen molar-refractivity contribution in [1.29, 1.82) is 0 Å². The lowest BCUT2D eigenvalue weighted by atomic mass is 9.87. The van der Waals surface area contributed by atoms with Gasteiger partial charge in [0.15, 0.2) is 0 Å². The molecule has 0 bridgehead atoms. The molecule has 11 heteroatoms. The van der Waals surface area contributed by atoms with Gasteiger partial charge in [-0.3, -0.25) is 4.79 Å². The normalized spacial score (nSPS) is 15.6. The predicted octanol–water partition coefficient (Wildman–Crippen LogP) is 0.0928. The Morgan fingerprint density at radius 1 is 1.11 bits per heavy atom. The molecule has 10 nitrogen and oxygen atoms in total. The molecule has 0 spiro atoms. The Morgan fingerprint density at radius 3 is 2.14 bits per heavy atom. The second-order valence-electron chi connectivity index (χ2n) is 7.98. The largest absolute Gasteiger partial charge is 0.444 e. The van der Waals surface area contributed by atoms with Crippen molar-refractivity contribution < 1.29 is 27.9 Å². The number of carbonyl (C=O) groups is 2. The highest BCUT2D eigenvalue weighted by Gasteiger charge is 2.29. The molecule has 0 aliphatic carbocycles. The minimum Gasteiger partial charge on any atom is -0.444 e. The van der Waals surface area contributed by atoms with E-state index in [9.17, 15) is 23.1 Å². The van der Waals surface area contributed by atoms with Crippen molar-refractivity contribution in [2.75, 3.05) is 20.1 Å². The summed E-state index contributed by atoms with van der Waals surface area (Å²) < 4.78 is 32.1. The molecule has 0 aromatic rings. The highest BCUT2D eigenvalue weighted by molar-refractivity contribution is 7.87. The third kappa shape index (κ3) is 11.4. The van der Waals surface area contributed by atoms with Crippen molar-refractivity contribution in [3.05, 3.63) is 0 Å². The van der Waals surface area contributed by atoms with Crippen molar-refractivity contribution in [3.63, 3.8) is 0 Å². The van der Waals surface area contributed by atoms with E-state index >= 15 is 0 Å². The highest BCUT2D eigenvalue weighted by atomic mass is 32.2. The summed E-state index contributed by atoms with van der Waals surface area (Å²) in [5, 5.41) is 15.6. The van der Waals surface area contributed by atoms with Crippen LogP contribution < -0.4 is 20.1 Å². The average molecular weight is 425 g/mol. The van der Waals surface area contributed by atoms with Crippen LogP contribution in [-0.2, 0) is 19.7 Å². The van der Waals surface area contributed by atoms with Gasteiger partial charge in [0.1, 0.15) is 5.60 Å². The van der Waals surface area contributed by atoms with Crippen LogP contribution in [0, 0.1) is 11.8 Å². The first-order chi connectivity index (χ1) is 12.7. The molecule has 0 saturated heterocycles. The molecule has 0 aromatic heterocycles. The predicted molar refractivity (Wildman–Crippen MR) is 107 cm³/mol. The number of amides is 2. The van der Waals surface area contributed by atoms with Gasteiger partial charge in [0.2, 0.25) is 5.91 Å². The van der Waals surface area contributed by atoms with Gasteiger partial charge >= 0.3 is 6.09 Å². The van der Waals surface area contributed by atoms with Crippen LogP contribution in [0.4, 0.5) is 4.79 Å². The number of aliphatic hydroxyl groups excluding tert-OH is 1. The van der Waals surface area contributed by atoms with Crippen LogP contribution in [-0.4, -0.2) is 63.4 Å². The molecule has 0 aromatic carbocycles. The summed E-state index contributed by atoms with van der Waals surface area (Å²) in [6, 6.07) is -0.605. The molecular formula is C17H36N4O6S. The Morgan fingerprint density at radius 2 is 1.68 bits per heavy atom. The summed E-state index contributed by atoms with van der Waals surface area (Å²) in [5.74, 6) is -0.849. The van der Waals surface area contributed by atoms with Gasteiger partial charge in [0, 0.05) is 26.1 Å². The van der Waals surface area contributed by atoms with Crippen molar-refractivity contribution in [3.8, 4) is 0 Å². The van der Waals surface area contributed by atoms with E-state index in [1.165, 1.54) is 7.05 Å². The summed E-state index contributed by atoms with van der Waals surface area (Å²) in [6.07, 6.45) is -1.45. The number of carbonyl (C=O) groups excluding carboxylic acids is 2. The van der Waals surface area contributed by atoms with Crippen LogP contribution >= 0.6 is 0 Å². The lowest BCUT2D eigenvalue weighted by Gasteiger charge is -2.28. The Kier molecular flexibility index (Phi) is 11.0. The minimum atomic E-state index is -3.55. The van der Waals surface area contributed by atoms with E-state index in [1.54, 1.807) is 27.7 Å². The van der Waals surface area contributed by atoms with Gasteiger partial charge in [-0.15, -0.1) is 0 Å². The van der Waals surface area contributed by atoms with Gasteiger partial charge in [0.25, 0.3) is 10.2 Å². The molecule has 0 radical (unpaired) electrons. The van der Waals surface area contributed by atoms with E-state index in [0.29, 0.717) is 0 Å². The van der Waals surface area contributed by atoms with E-state index in [-0.39, 0.29) is 31.3 Å². The molecular weight excluding hydrogens is 388 g/mol. The molecule has 3 atom stereocenters. The van der Waals surface area contributed by atoms with Crippen LogP contribution in [0.15, 0.2) is 0 Å². The zero-order chi connectivity index (χ0) is 22.1. The first-order valence-corrected chi connectivity index (χ1v) is 10.8. The topological polar surface area (TPSA) is 146 Å². The Bertz CT molecular complexity index is 603. The van der Waals surface area contributed by atoms with Crippen LogP contribution in [0.25, 0.3) is 0 Å². The molecule has 28 heavy (non-hydrogen) atoms. The first-order valence-electron chi connectivity index (χ1n) is 9.32. The maximum absolute atomic E-state index is 12.4. The maximum atomic E-state index is 12.4. The lowest BCUT2D eigenvalue weighted by Crippen LogP contribution is -2.46. The van der Waals surface area contributed by atoms with E-state index in [0.717, 1.165) is 0 Å². The maximum Gasteiger partial charge on any atom is 0.407 e. The second kappa shape index (κ2) is 11.5. The number of hydrogen-bond acceptors (Lipinski definition) is 6. The minimum absolute atomic E-state index is 0.0406. The molecule has 2 amide bonds. The van der Waals surface area contributed by atoms with Gasteiger partial charge in [0.05, 0.1) is 12.1 Å². The molecule has 0 aliphatic rings. The van der Waals surface area contributed by atoms with Crippen molar-refractivity contribution in [2.24, 2.45) is 11.8 Å². The number of ether oxygens (including phenoxy) is 1. The molecule has 166 valence electrons. The Balaban J connectivity index is 4.62. The summed E-state index contributed by atoms with van der Waals surface area (Å²) in [4.78, 5) is 24.2. The van der Waals surface area contributed by atoms with E-state index in [1.807, 2.05) is 13.8 Å². The molecule has 0 fully saturated rings. The number of alkyl carbamates (subject to hydrolysis) is 1. The van der Waals surface area contributed by atoms with E-state index in [4.69, 9.17) is 4.74 Å². The third-order valence-electron chi connectivity index (χ3n) is 3.94. The standard InChI is InChI=1S/C17H36N4O6S/c1-11(2)13(15(23)19-8-9-20-28(25,26)18-7)10-14(22)12(3)21-16(24)27-17(4,5)6/h11-14,18,20,22H,8-10H2,1-7H3,(H,19,23)(H,21,24)/t12-,13-,14-/m0/s1. The van der Waals surface area contributed by atoms with Gasteiger partial charge in [-0.05, 0) is 40.0 Å². The van der Waals surface area contributed by atoms with E-state index in [2.05, 4.69) is 20.1 Å². The molecule has 5 N–H and O–H groups in total. The fourth-order valence-corrected chi connectivity index (χ4v) is 2.83. The fourth-order valence-electron chi connectivity index (χ4n) is 2.31. The van der Waals surface area contributed by atoms with E-state index < -0.39 is 40.0 Å². The molecule has 0 heterocycles. The monoisotopic (exact) mass is 424 g/mol. The Hall–Kier alpha value is -1.43. The first kappa shape index (κ1) is 26.6. The lowest BCUT2D eigenvalue weighted by molar-refractivity contribution is -0.127. The molecule has 0 unspecified atom stereocenters. The van der Waals surface area contributed by atoms with Crippen molar-refractivity contribution >= 4 is 22.2 Å². The fraction of sp³-hybridized carbons (Fsp3) is 0.882. The van der Waals surface area contributed by atoms with Gasteiger partial charge in [-0.2, -0.15) is 8.42 Å². The second-order valence-corrected chi connectivity index (χ2v) is 9.69. The number of nitrogens with one attached hydrogen (secondary N) is 4. The molecule has 0 aliphatic heterocycles.